The lowest BCUT2D eigenvalue weighted by molar-refractivity contribution is 1.17. The van der Waals surface area contributed by atoms with Crippen LogP contribution in [-0.2, 0) is 0 Å². The van der Waals surface area contributed by atoms with Crippen LogP contribution in [0, 0.1) is 0 Å². The number of aromatic nitrogens is 3. The standard InChI is InChI=1S/C12H11N3S9/c1-4-16-10(13-1)22-19-7-9(21-24-12-15-3-6-18-12)8-20-23-11-14-2-5-17-11/h1-6,9H,7-8H2. The maximum Gasteiger partial charge on any atom is 0.160 e. The van der Waals surface area contributed by atoms with Crippen molar-refractivity contribution in [2.75, 3.05) is 11.5 Å². The molecule has 0 atom stereocenters. The van der Waals surface area contributed by atoms with E-state index in [2.05, 4.69) is 15.0 Å². The second-order valence-corrected chi connectivity index (χ2v) is 14.5. The Balaban J connectivity index is 1.43. The van der Waals surface area contributed by atoms with Gasteiger partial charge in [-0.05, 0) is 32.4 Å². The molecule has 3 nitrogen and oxygen atoms in total. The van der Waals surface area contributed by atoms with E-state index in [0.717, 1.165) is 24.5 Å². The summed E-state index contributed by atoms with van der Waals surface area (Å²) in [6.07, 6.45) is 5.58. The predicted molar refractivity (Wildman–Crippen MR) is 120 cm³/mol. The minimum absolute atomic E-state index is 0.550. The van der Waals surface area contributed by atoms with Gasteiger partial charge in [-0.15, -0.1) is 34.0 Å². The lowest BCUT2D eigenvalue weighted by Crippen LogP contribution is -2.07. The molecule has 3 heterocycles. The third-order valence-electron chi connectivity index (χ3n) is 2.25. The molecule has 0 radical (unpaired) electrons. The lowest BCUT2D eigenvalue weighted by atomic mass is 10.6. The van der Waals surface area contributed by atoms with E-state index in [1.807, 2.05) is 67.1 Å². The molecule has 0 saturated carbocycles. The first kappa shape index (κ1) is 19.7. The summed E-state index contributed by atoms with van der Waals surface area (Å²) in [6.45, 7) is 0. The van der Waals surface area contributed by atoms with E-state index in [1.54, 1.807) is 66.4 Å². The third-order valence-corrected chi connectivity index (χ3v) is 13.7. The Labute approximate surface area is 176 Å². The molecule has 0 unspecified atom stereocenters. The average molecular weight is 486 g/mol. The van der Waals surface area contributed by atoms with Crippen LogP contribution in [0.3, 0.4) is 0 Å². The van der Waals surface area contributed by atoms with Gasteiger partial charge in [-0.2, -0.15) is 0 Å². The number of rotatable bonds is 11. The molecule has 3 aromatic heterocycles. The quantitative estimate of drug-likeness (QED) is 0.266. The van der Waals surface area contributed by atoms with Gasteiger partial charge < -0.3 is 0 Å². The van der Waals surface area contributed by atoms with Crippen LogP contribution in [0.2, 0.25) is 0 Å². The fraction of sp³-hybridized carbons (Fsp3) is 0.250. The van der Waals surface area contributed by atoms with Gasteiger partial charge in [0.05, 0.1) is 0 Å². The minimum atomic E-state index is 0.550. The van der Waals surface area contributed by atoms with Crippen molar-refractivity contribution < 1.29 is 0 Å². The van der Waals surface area contributed by atoms with Crippen LogP contribution in [-0.4, -0.2) is 31.7 Å². The summed E-state index contributed by atoms with van der Waals surface area (Å²) in [5, 5.41) is 6.62. The van der Waals surface area contributed by atoms with Crippen molar-refractivity contribution in [2.45, 2.75) is 18.3 Å². The Morgan fingerprint density at radius 2 is 1.17 bits per heavy atom. The molecule has 0 N–H and O–H groups in total. The van der Waals surface area contributed by atoms with Gasteiger partial charge in [-0.1, -0.05) is 32.4 Å². The summed E-state index contributed by atoms with van der Waals surface area (Å²) in [5.41, 5.74) is 0. The first-order valence-corrected chi connectivity index (χ1v) is 16.0. The summed E-state index contributed by atoms with van der Waals surface area (Å²) in [7, 11) is 11.0. The van der Waals surface area contributed by atoms with Crippen molar-refractivity contribution in [3.63, 3.8) is 0 Å². The first-order valence-electron chi connectivity index (χ1n) is 6.51. The zero-order chi connectivity index (χ0) is 16.5. The fourth-order valence-corrected chi connectivity index (χ4v) is 12.6. The molecule has 0 aliphatic rings. The van der Waals surface area contributed by atoms with Gasteiger partial charge in [0, 0.05) is 51.5 Å². The molecular weight excluding hydrogens is 475 g/mol. The van der Waals surface area contributed by atoms with Crippen LogP contribution in [0.1, 0.15) is 0 Å². The second-order valence-electron chi connectivity index (χ2n) is 3.93. The Hall–Kier alpha value is 0.990. The Kier molecular flexibility index (Phi) is 9.58. The molecule has 128 valence electrons. The van der Waals surface area contributed by atoms with Crippen molar-refractivity contribution in [2.24, 2.45) is 0 Å². The molecule has 3 rings (SSSR count). The zero-order valence-electron chi connectivity index (χ0n) is 12.0. The van der Waals surface area contributed by atoms with Crippen LogP contribution in [0.4, 0.5) is 0 Å². The van der Waals surface area contributed by atoms with E-state index in [1.165, 1.54) is 0 Å². The van der Waals surface area contributed by atoms with Gasteiger partial charge in [0.15, 0.2) is 13.0 Å². The second kappa shape index (κ2) is 11.7. The SMILES string of the molecule is c1csc(SSCC(CSSc2nccs2)SSc2nccs2)n1. The van der Waals surface area contributed by atoms with Gasteiger partial charge in [0.1, 0.15) is 0 Å². The summed E-state index contributed by atoms with van der Waals surface area (Å²) in [4.78, 5) is 13.0. The van der Waals surface area contributed by atoms with E-state index in [4.69, 9.17) is 0 Å². The van der Waals surface area contributed by atoms with Gasteiger partial charge in [-0.3, -0.25) is 0 Å². The van der Waals surface area contributed by atoms with E-state index in [0.29, 0.717) is 5.25 Å². The Morgan fingerprint density at radius 1 is 0.708 bits per heavy atom. The zero-order valence-corrected chi connectivity index (χ0v) is 19.3. The largest absolute Gasteiger partial charge is 0.237 e. The van der Waals surface area contributed by atoms with Crippen LogP contribution >= 0.6 is 98.8 Å². The van der Waals surface area contributed by atoms with Crippen molar-refractivity contribution in [1.29, 1.82) is 0 Å². The van der Waals surface area contributed by atoms with Crippen LogP contribution in [0.15, 0.2) is 47.7 Å². The topological polar surface area (TPSA) is 38.7 Å². The van der Waals surface area contributed by atoms with Gasteiger partial charge in [0.25, 0.3) is 0 Å². The highest BCUT2D eigenvalue weighted by Gasteiger charge is 2.14. The minimum Gasteiger partial charge on any atom is -0.237 e. The van der Waals surface area contributed by atoms with Gasteiger partial charge in [0.2, 0.25) is 0 Å². The van der Waals surface area contributed by atoms with E-state index in [9.17, 15) is 0 Å². The van der Waals surface area contributed by atoms with E-state index < -0.39 is 0 Å². The lowest BCUT2D eigenvalue weighted by Gasteiger charge is -2.13. The molecule has 0 spiro atoms. The smallest absolute Gasteiger partial charge is 0.160 e. The average Bonchev–Trinajstić information content (AvgIpc) is 3.34. The molecule has 0 aliphatic carbocycles. The molecule has 3 aromatic rings. The molecular formula is C12H11N3S9. The van der Waals surface area contributed by atoms with Crippen molar-refractivity contribution in [3.05, 3.63) is 34.7 Å². The number of hydrogen-bond acceptors (Lipinski definition) is 12. The molecule has 0 bridgehead atoms. The molecule has 0 amide bonds. The molecule has 0 aliphatic heterocycles. The summed E-state index contributed by atoms with van der Waals surface area (Å²) in [6, 6.07) is 0. The molecule has 12 heteroatoms. The van der Waals surface area contributed by atoms with Gasteiger partial charge in [-0.25, -0.2) is 15.0 Å². The number of thiazole rings is 3. The monoisotopic (exact) mass is 485 g/mol. The highest BCUT2D eigenvalue weighted by molar-refractivity contribution is 8.79. The van der Waals surface area contributed by atoms with Crippen LogP contribution in [0.25, 0.3) is 0 Å². The molecule has 24 heavy (non-hydrogen) atoms. The van der Waals surface area contributed by atoms with E-state index >= 15 is 0 Å². The molecule has 0 saturated heterocycles. The molecule has 0 fully saturated rings. The fourth-order valence-electron chi connectivity index (χ4n) is 1.29. The number of hydrogen-bond donors (Lipinski definition) is 0. The van der Waals surface area contributed by atoms with Crippen LogP contribution in [0.5, 0.6) is 0 Å². The number of nitrogens with zero attached hydrogens (tertiary/aromatic N) is 3. The van der Waals surface area contributed by atoms with Crippen molar-refractivity contribution in [3.8, 4) is 0 Å². The molecule has 0 aromatic carbocycles. The Morgan fingerprint density at radius 3 is 1.58 bits per heavy atom. The summed E-state index contributed by atoms with van der Waals surface area (Å²) < 4.78 is 3.38. The predicted octanol–water partition coefficient (Wildman–Crippen LogP) is 7.05. The third kappa shape index (κ3) is 7.31. The van der Waals surface area contributed by atoms with Crippen LogP contribution < -0.4 is 0 Å². The summed E-state index contributed by atoms with van der Waals surface area (Å²) >= 11 is 5.09. The van der Waals surface area contributed by atoms with E-state index in [-0.39, 0.29) is 0 Å². The van der Waals surface area contributed by atoms with Crippen molar-refractivity contribution in [1.82, 2.24) is 15.0 Å². The maximum absolute atomic E-state index is 4.35. The summed E-state index contributed by atoms with van der Waals surface area (Å²) in [5.74, 6) is 2.16. The van der Waals surface area contributed by atoms with Gasteiger partial charge >= 0.3 is 0 Å². The highest BCUT2D eigenvalue weighted by Crippen LogP contribution is 2.43. The normalized spacial score (nSPS) is 11.4. The Bertz CT molecular complexity index is 616. The highest BCUT2D eigenvalue weighted by atomic mass is 33.1. The first-order chi connectivity index (χ1) is 11.9. The van der Waals surface area contributed by atoms with Crippen molar-refractivity contribution >= 4 is 98.8 Å². The maximum atomic E-state index is 4.35.